The molecule has 0 spiro atoms. The van der Waals surface area contributed by atoms with E-state index < -0.39 is 32.5 Å². The molecule has 10 nitrogen and oxygen atoms in total. The van der Waals surface area contributed by atoms with Gasteiger partial charge in [-0.05, 0) is 89.9 Å². The Kier molecular flexibility index (Phi) is 32.2. The molecule has 11 heteroatoms. The van der Waals surface area contributed by atoms with E-state index >= 15 is 0 Å². The van der Waals surface area contributed by atoms with Crippen LogP contribution in [0.4, 0.5) is 0 Å². The number of quaternary nitrogens is 1. The second-order valence-corrected chi connectivity index (χ2v) is 16.8. The number of allylic oxidation sites excluding steroid dienone is 16. The molecule has 0 aromatic heterocycles. The maximum absolute atomic E-state index is 12.7. The first-order valence-electron chi connectivity index (χ1n) is 21.7. The minimum atomic E-state index is -4.41. The van der Waals surface area contributed by atoms with Crippen LogP contribution < -0.4 is 0 Å². The fourth-order valence-electron chi connectivity index (χ4n) is 5.25. The van der Waals surface area contributed by atoms with Gasteiger partial charge < -0.3 is 23.6 Å². The highest BCUT2D eigenvalue weighted by Gasteiger charge is 2.36. The lowest BCUT2D eigenvalue weighted by molar-refractivity contribution is -0.870. The second-order valence-electron chi connectivity index (χ2n) is 15.3. The van der Waals surface area contributed by atoms with Crippen LogP contribution in [0.15, 0.2) is 109 Å². The number of phosphoric acid groups is 1. The number of hydrogen-bond donors (Lipinski definition) is 1. The van der Waals surface area contributed by atoms with Gasteiger partial charge in [0.05, 0.1) is 40.0 Å². The summed E-state index contributed by atoms with van der Waals surface area (Å²) in [6.45, 7) is 4.01. The van der Waals surface area contributed by atoms with E-state index in [4.69, 9.17) is 23.3 Å². The van der Waals surface area contributed by atoms with E-state index in [9.17, 15) is 19.0 Å². The Morgan fingerprint density at radius 1 is 0.610 bits per heavy atom. The SMILES string of the molecule is CC/C=C\C/C=C\C/C=C\C/C=C\CCCCC(=O)O[C@H](COC(=O)CC/C=C\C/C=C\C/C=C\C/C=C\CC1OC1C/C=C\CC)COP(=O)(O)OCC[N+](C)(C)C. The van der Waals surface area contributed by atoms with Crippen molar-refractivity contribution in [3.63, 3.8) is 0 Å². The molecule has 0 aliphatic carbocycles. The molecule has 1 fully saturated rings. The van der Waals surface area contributed by atoms with Crippen LogP contribution in [0.25, 0.3) is 0 Å². The van der Waals surface area contributed by atoms with Crippen molar-refractivity contribution in [1.82, 2.24) is 0 Å². The molecular weight excluding hydrogens is 766 g/mol. The van der Waals surface area contributed by atoms with Gasteiger partial charge in [-0.25, -0.2) is 4.57 Å². The summed E-state index contributed by atoms with van der Waals surface area (Å²) in [6.07, 6.45) is 50.6. The summed E-state index contributed by atoms with van der Waals surface area (Å²) in [5.74, 6) is -0.964. The molecule has 1 heterocycles. The van der Waals surface area contributed by atoms with Crippen LogP contribution >= 0.6 is 7.82 Å². The molecule has 59 heavy (non-hydrogen) atoms. The Morgan fingerprint density at radius 2 is 1.08 bits per heavy atom. The van der Waals surface area contributed by atoms with Crippen LogP contribution in [0.1, 0.15) is 117 Å². The molecule has 1 aliphatic heterocycles. The zero-order valence-corrected chi connectivity index (χ0v) is 37.8. The van der Waals surface area contributed by atoms with Crippen molar-refractivity contribution in [1.29, 1.82) is 0 Å². The van der Waals surface area contributed by atoms with Crippen molar-refractivity contribution < 1.29 is 46.8 Å². The smallest absolute Gasteiger partial charge is 0.462 e. The molecule has 0 radical (unpaired) electrons. The highest BCUT2D eigenvalue weighted by Crippen LogP contribution is 2.43. The van der Waals surface area contributed by atoms with Gasteiger partial charge in [0, 0.05) is 12.8 Å². The van der Waals surface area contributed by atoms with Crippen LogP contribution in [-0.4, -0.2) is 87.1 Å². The topological polar surface area (TPSA) is 121 Å². The summed E-state index contributed by atoms with van der Waals surface area (Å²) in [5.41, 5.74) is 0. The van der Waals surface area contributed by atoms with Gasteiger partial charge in [0.15, 0.2) is 6.10 Å². The molecule has 0 aromatic carbocycles. The second kappa shape index (κ2) is 35.4. The van der Waals surface area contributed by atoms with E-state index in [0.717, 1.165) is 77.0 Å². The predicted molar refractivity (Wildman–Crippen MR) is 242 cm³/mol. The molecule has 4 atom stereocenters. The Hall–Kier alpha value is -3.37. The minimum Gasteiger partial charge on any atom is -0.462 e. The summed E-state index contributed by atoms with van der Waals surface area (Å²) in [4.78, 5) is 35.3. The van der Waals surface area contributed by atoms with Crippen LogP contribution in [0.3, 0.4) is 0 Å². The van der Waals surface area contributed by atoms with Crippen molar-refractivity contribution in [2.24, 2.45) is 0 Å². The highest BCUT2D eigenvalue weighted by atomic mass is 31.2. The van der Waals surface area contributed by atoms with Gasteiger partial charge in [0.25, 0.3) is 0 Å². The number of epoxide rings is 1. The number of hydrogen-bond acceptors (Lipinski definition) is 8. The largest absolute Gasteiger partial charge is 0.472 e. The first kappa shape index (κ1) is 53.6. The normalized spacial score (nSPS) is 18.1. The van der Waals surface area contributed by atoms with Crippen molar-refractivity contribution in [3.8, 4) is 0 Å². The Balaban J connectivity index is 2.37. The van der Waals surface area contributed by atoms with Crippen LogP contribution in [0.5, 0.6) is 0 Å². The summed E-state index contributed by atoms with van der Waals surface area (Å²) in [7, 11) is 1.38. The number of carbonyl (C=O) groups excluding carboxylic acids is 2. The van der Waals surface area contributed by atoms with Gasteiger partial charge in [-0.2, -0.15) is 0 Å². The summed E-state index contributed by atoms with van der Waals surface area (Å²) < 4.78 is 39.8. The van der Waals surface area contributed by atoms with Gasteiger partial charge in [-0.15, -0.1) is 0 Å². The highest BCUT2D eigenvalue weighted by molar-refractivity contribution is 7.47. The summed E-state index contributed by atoms with van der Waals surface area (Å²) in [6, 6.07) is 0. The number of nitrogens with zero attached hydrogens (tertiary/aromatic N) is 1. The Morgan fingerprint density at radius 3 is 1.63 bits per heavy atom. The third kappa shape index (κ3) is 36.2. The zero-order valence-electron chi connectivity index (χ0n) is 36.9. The molecular formula is C48H77NO9P+. The molecule has 0 amide bonds. The molecule has 1 aliphatic rings. The van der Waals surface area contributed by atoms with Crippen LogP contribution in [-0.2, 0) is 37.4 Å². The number of esters is 2. The van der Waals surface area contributed by atoms with E-state index in [1.807, 2.05) is 33.3 Å². The van der Waals surface area contributed by atoms with Crippen LogP contribution in [0.2, 0.25) is 0 Å². The lowest BCUT2D eigenvalue weighted by Gasteiger charge is -2.24. The zero-order chi connectivity index (χ0) is 43.3. The van der Waals surface area contributed by atoms with Crippen molar-refractivity contribution in [2.75, 3.05) is 47.5 Å². The fraction of sp³-hybridized carbons (Fsp3) is 0.583. The number of carbonyl (C=O) groups is 2. The molecule has 0 bridgehead atoms. The Labute approximate surface area is 357 Å². The number of phosphoric ester groups is 1. The first-order chi connectivity index (χ1) is 28.5. The molecule has 0 aromatic rings. The third-order valence-electron chi connectivity index (χ3n) is 8.71. The van der Waals surface area contributed by atoms with E-state index in [1.54, 1.807) is 0 Å². The average molecular weight is 843 g/mol. The third-order valence-corrected chi connectivity index (χ3v) is 9.70. The maximum Gasteiger partial charge on any atom is 0.472 e. The fourth-order valence-corrected chi connectivity index (χ4v) is 5.99. The van der Waals surface area contributed by atoms with Gasteiger partial charge >= 0.3 is 19.8 Å². The maximum atomic E-state index is 12.7. The first-order valence-corrected chi connectivity index (χ1v) is 23.2. The monoisotopic (exact) mass is 843 g/mol. The number of likely N-dealkylation sites (N-methyl/N-ethyl adjacent to an activating group) is 1. The van der Waals surface area contributed by atoms with E-state index in [-0.39, 0.29) is 26.1 Å². The molecule has 1 rings (SSSR count). The molecule has 3 unspecified atom stereocenters. The van der Waals surface area contributed by atoms with Crippen molar-refractivity contribution in [3.05, 3.63) is 109 Å². The van der Waals surface area contributed by atoms with E-state index in [2.05, 4.69) is 111 Å². The number of ether oxygens (including phenoxy) is 3. The molecule has 0 saturated carbocycles. The quantitative estimate of drug-likeness (QED) is 0.0164. The number of rotatable bonds is 36. The average Bonchev–Trinajstić information content (AvgIpc) is 3.94. The molecule has 1 saturated heterocycles. The van der Waals surface area contributed by atoms with Gasteiger partial charge in [-0.1, -0.05) is 123 Å². The predicted octanol–water partition coefficient (Wildman–Crippen LogP) is 11.3. The van der Waals surface area contributed by atoms with Crippen molar-refractivity contribution >= 4 is 19.8 Å². The standard InChI is InChI=1S/C48H76NO9P/c1-6-8-10-11-12-13-14-15-16-17-22-25-28-31-35-39-48(51)57-44(43-56-59(52,53)55-41-40-49(3,4)5)42-54-47(50)38-34-30-27-24-21-19-18-20-23-26-29-33-37-46-45(58-46)36-32-9-7-2/h8-10,12-13,15-16,19-23,25,27,29-30,32-33,44-46H,6-7,11,14,17-18,24,26,28,31,34-43H2,1-5H3/p+1/b10-8-,13-12-,16-15-,21-19-,23-20-,25-22-,30-27-,32-9-,33-29-/t44-,45?,46?/m1/s1. The van der Waals surface area contributed by atoms with Gasteiger partial charge in [-0.3, -0.25) is 18.6 Å². The van der Waals surface area contributed by atoms with E-state index in [1.165, 1.54) is 0 Å². The summed E-state index contributed by atoms with van der Waals surface area (Å²) in [5, 5.41) is 0. The van der Waals surface area contributed by atoms with Crippen LogP contribution in [0, 0.1) is 0 Å². The minimum absolute atomic E-state index is 0.00358. The van der Waals surface area contributed by atoms with Crippen molar-refractivity contribution in [2.45, 2.75) is 135 Å². The van der Waals surface area contributed by atoms with Gasteiger partial charge in [0.2, 0.25) is 0 Å². The summed E-state index contributed by atoms with van der Waals surface area (Å²) >= 11 is 0. The van der Waals surface area contributed by atoms with E-state index in [0.29, 0.717) is 36.1 Å². The molecule has 1 N–H and O–H groups in total. The lowest BCUT2D eigenvalue weighted by Crippen LogP contribution is -2.37. The molecule has 332 valence electrons. The Bertz CT molecular complexity index is 1430. The van der Waals surface area contributed by atoms with Gasteiger partial charge in [0.1, 0.15) is 19.8 Å². The number of unbranched alkanes of at least 4 members (excludes halogenated alkanes) is 2. The lowest BCUT2D eigenvalue weighted by atomic mass is 10.1.